The van der Waals surface area contributed by atoms with Crippen molar-refractivity contribution in [2.45, 2.75) is 45.6 Å². The minimum absolute atomic E-state index is 0.0382. The topological polar surface area (TPSA) is 66.9 Å². The molecule has 3 rings (SSSR count). The van der Waals surface area contributed by atoms with Gasteiger partial charge in [0, 0.05) is 26.1 Å². The first-order valence-electron chi connectivity index (χ1n) is 9.81. The Balaban J connectivity index is 1.56. The van der Waals surface area contributed by atoms with Crippen LogP contribution in [0.3, 0.4) is 0 Å². The second kappa shape index (κ2) is 8.55. The summed E-state index contributed by atoms with van der Waals surface area (Å²) in [5.41, 5.74) is 1.02. The molecule has 1 heterocycles. The molecule has 27 heavy (non-hydrogen) atoms. The van der Waals surface area contributed by atoms with Crippen molar-refractivity contribution in [3.05, 3.63) is 29.8 Å². The molecule has 0 bridgehead atoms. The molecule has 2 unspecified atom stereocenters. The monoisotopic (exact) mass is 372 g/mol. The fourth-order valence-corrected chi connectivity index (χ4v) is 4.14. The zero-order valence-corrected chi connectivity index (χ0v) is 16.1. The van der Waals surface area contributed by atoms with Crippen molar-refractivity contribution in [3.63, 3.8) is 0 Å². The summed E-state index contributed by atoms with van der Waals surface area (Å²) in [6.45, 7) is 3.22. The summed E-state index contributed by atoms with van der Waals surface area (Å²) in [6, 6.07) is 7.62. The van der Waals surface area contributed by atoms with Gasteiger partial charge < -0.3 is 9.64 Å². The number of fused-ring (bicyclic) bond motifs is 1. The first kappa shape index (κ1) is 19.4. The fourth-order valence-electron chi connectivity index (χ4n) is 4.14. The van der Waals surface area contributed by atoms with E-state index in [4.69, 9.17) is 4.74 Å². The van der Waals surface area contributed by atoms with Crippen molar-refractivity contribution in [3.8, 4) is 5.75 Å². The van der Waals surface area contributed by atoms with Crippen molar-refractivity contribution in [2.75, 3.05) is 20.2 Å². The van der Waals surface area contributed by atoms with Crippen molar-refractivity contribution < 1.29 is 19.1 Å². The molecular formula is C21H28N2O4. The summed E-state index contributed by atoms with van der Waals surface area (Å²) in [4.78, 5) is 40.8. The normalized spacial score (nSPS) is 21.9. The van der Waals surface area contributed by atoms with Crippen LogP contribution >= 0.6 is 0 Å². The van der Waals surface area contributed by atoms with Gasteiger partial charge in [-0.15, -0.1) is 0 Å². The second-order valence-electron chi connectivity index (χ2n) is 7.33. The third-order valence-electron chi connectivity index (χ3n) is 5.75. The number of carbonyl (C=O) groups is 3. The average molecular weight is 372 g/mol. The Morgan fingerprint density at radius 2 is 1.70 bits per heavy atom. The molecule has 0 N–H and O–H groups in total. The van der Waals surface area contributed by atoms with E-state index < -0.39 is 0 Å². The molecule has 1 saturated heterocycles. The number of ether oxygens (including phenoxy) is 1. The van der Waals surface area contributed by atoms with Crippen LogP contribution < -0.4 is 4.74 Å². The van der Waals surface area contributed by atoms with Gasteiger partial charge >= 0.3 is 0 Å². The van der Waals surface area contributed by atoms with E-state index >= 15 is 0 Å². The Kier molecular flexibility index (Phi) is 6.14. The number of benzene rings is 1. The van der Waals surface area contributed by atoms with Crippen molar-refractivity contribution >= 4 is 17.7 Å². The molecule has 3 amide bonds. The van der Waals surface area contributed by atoms with E-state index in [9.17, 15) is 14.4 Å². The summed E-state index contributed by atoms with van der Waals surface area (Å²) in [5, 5.41) is 0. The van der Waals surface area contributed by atoms with Gasteiger partial charge in [0.1, 0.15) is 5.75 Å². The number of hydrogen-bond donors (Lipinski definition) is 0. The molecule has 6 heteroatoms. The van der Waals surface area contributed by atoms with Crippen molar-refractivity contribution in [1.82, 2.24) is 9.80 Å². The van der Waals surface area contributed by atoms with Gasteiger partial charge in [0.2, 0.25) is 17.7 Å². The van der Waals surface area contributed by atoms with Crippen molar-refractivity contribution in [2.24, 2.45) is 11.8 Å². The van der Waals surface area contributed by atoms with Crippen LogP contribution in [0.4, 0.5) is 0 Å². The molecule has 2 aliphatic rings. The van der Waals surface area contributed by atoms with E-state index in [1.54, 1.807) is 12.0 Å². The molecule has 0 radical (unpaired) electrons. The molecule has 0 aromatic heterocycles. The summed E-state index contributed by atoms with van der Waals surface area (Å²) >= 11 is 0. The van der Waals surface area contributed by atoms with Crippen LogP contribution in [0.2, 0.25) is 0 Å². The molecule has 2 fully saturated rings. The highest BCUT2D eigenvalue weighted by molar-refractivity contribution is 6.05. The number of amides is 3. The third kappa shape index (κ3) is 4.15. The molecule has 2 atom stereocenters. The van der Waals surface area contributed by atoms with E-state index in [1.807, 2.05) is 31.2 Å². The second-order valence-corrected chi connectivity index (χ2v) is 7.33. The lowest BCUT2D eigenvalue weighted by molar-refractivity contribution is -0.141. The number of carbonyl (C=O) groups excluding carboxylic acids is 3. The zero-order chi connectivity index (χ0) is 19.4. The van der Waals surface area contributed by atoms with Crippen LogP contribution in [0.1, 0.15) is 44.6 Å². The molecule has 0 spiro atoms. The Morgan fingerprint density at radius 1 is 1.11 bits per heavy atom. The summed E-state index contributed by atoms with van der Waals surface area (Å²) < 4.78 is 5.15. The molecule has 6 nitrogen and oxygen atoms in total. The van der Waals surface area contributed by atoms with Crippen LogP contribution in [0.25, 0.3) is 0 Å². The maximum atomic E-state index is 12.6. The number of nitrogens with zero attached hydrogens (tertiary/aromatic N) is 2. The lowest BCUT2D eigenvalue weighted by Gasteiger charge is -2.22. The Morgan fingerprint density at radius 3 is 2.22 bits per heavy atom. The minimum Gasteiger partial charge on any atom is -0.497 e. The van der Waals surface area contributed by atoms with Crippen LogP contribution in [0.15, 0.2) is 24.3 Å². The quantitative estimate of drug-likeness (QED) is 0.690. The van der Waals surface area contributed by atoms with Gasteiger partial charge in [0.05, 0.1) is 18.9 Å². The van der Waals surface area contributed by atoms with Gasteiger partial charge in [-0.2, -0.15) is 0 Å². The molecule has 1 saturated carbocycles. The molecule has 1 aliphatic heterocycles. The van der Waals surface area contributed by atoms with Crippen LogP contribution in [0, 0.1) is 11.8 Å². The Hall–Kier alpha value is -2.37. The van der Waals surface area contributed by atoms with Crippen LogP contribution in [0.5, 0.6) is 5.75 Å². The van der Waals surface area contributed by atoms with Gasteiger partial charge in [-0.1, -0.05) is 25.0 Å². The first-order chi connectivity index (χ1) is 13.0. The Labute approximate surface area is 160 Å². The molecule has 1 aliphatic carbocycles. The Bertz CT molecular complexity index is 677. The number of rotatable bonds is 7. The van der Waals surface area contributed by atoms with Gasteiger partial charge in [-0.25, -0.2) is 0 Å². The molecular weight excluding hydrogens is 344 g/mol. The summed E-state index contributed by atoms with van der Waals surface area (Å²) in [6.07, 6.45) is 3.81. The number of hydrogen-bond acceptors (Lipinski definition) is 4. The van der Waals surface area contributed by atoms with Crippen molar-refractivity contribution in [1.29, 1.82) is 0 Å². The van der Waals surface area contributed by atoms with E-state index in [1.165, 1.54) is 4.90 Å². The van der Waals surface area contributed by atoms with E-state index in [0.29, 0.717) is 13.1 Å². The van der Waals surface area contributed by atoms with Crippen LogP contribution in [-0.2, 0) is 20.9 Å². The van der Waals surface area contributed by atoms with Gasteiger partial charge in [-0.05, 0) is 37.5 Å². The average Bonchev–Trinajstić information content (AvgIpc) is 2.95. The summed E-state index contributed by atoms with van der Waals surface area (Å²) in [5.74, 6) is 0.293. The van der Waals surface area contributed by atoms with E-state index in [0.717, 1.165) is 37.0 Å². The number of imide groups is 1. The molecule has 1 aromatic carbocycles. The highest BCUT2D eigenvalue weighted by Gasteiger charge is 2.47. The highest BCUT2D eigenvalue weighted by atomic mass is 16.5. The summed E-state index contributed by atoms with van der Waals surface area (Å²) in [7, 11) is 1.62. The number of methoxy groups -OCH3 is 1. The highest BCUT2D eigenvalue weighted by Crippen LogP contribution is 2.38. The predicted molar refractivity (Wildman–Crippen MR) is 101 cm³/mol. The predicted octanol–water partition coefficient (Wildman–Crippen LogP) is 2.61. The van der Waals surface area contributed by atoms with E-state index in [2.05, 4.69) is 0 Å². The molecule has 146 valence electrons. The van der Waals surface area contributed by atoms with Gasteiger partial charge in [0.25, 0.3) is 0 Å². The molecule has 1 aromatic rings. The third-order valence-corrected chi connectivity index (χ3v) is 5.75. The number of likely N-dealkylation sites (tertiary alicyclic amines) is 1. The minimum atomic E-state index is -0.150. The van der Waals surface area contributed by atoms with E-state index in [-0.39, 0.29) is 42.5 Å². The smallest absolute Gasteiger partial charge is 0.233 e. The SMILES string of the molecule is CCN(Cc1ccc(OC)cc1)C(=O)CCN1C(=O)C2CCCCC2C1=O. The maximum absolute atomic E-state index is 12.6. The largest absolute Gasteiger partial charge is 0.497 e. The lowest BCUT2D eigenvalue weighted by atomic mass is 9.81. The standard InChI is InChI=1S/C21H28N2O4/c1-3-22(14-15-8-10-16(27-2)11-9-15)19(24)12-13-23-20(25)17-6-4-5-7-18(17)21(23)26/h8-11,17-18H,3-7,12-14H2,1-2H3. The maximum Gasteiger partial charge on any atom is 0.233 e. The van der Waals surface area contributed by atoms with Gasteiger partial charge in [-0.3, -0.25) is 19.3 Å². The lowest BCUT2D eigenvalue weighted by Crippen LogP contribution is -2.37. The van der Waals surface area contributed by atoms with Gasteiger partial charge in [0.15, 0.2) is 0 Å². The first-order valence-corrected chi connectivity index (χ1v) is 9.81. The van der Waals surface area contributed by atoms with Crippen LogP contribution in [-0.4, -0.2) is 47.7 Å². The zero-order valence-electron chi connectivity index (χ0n) is 16.1. The fraction of sp³-hybridized carbons (Fsp3) is 0.571.